The first kappa shape index (κ1) is 30.1. The molecule has 2 heterocycles. The highest BCUT2D eigenvalue weighted by atomic mass is 15.1. The number of rotatable bonds is 5. The van der Waals surface area contributed by atoms with Crippen molar-refractivity contribution in [3.05, 3.63) is 170 Å². The third-order valence-electron chi connectivity index (χ3n) is 10.5. The summed E-state index contributed by atoms with van der Waals surface area (Å²) in [4.78, 5) is 10.0. The second-order valence-electron chi connectivity index (χ2n) is 13.5. The quantitative estimate of drug-likeness (QED) is 0.171. The van der Waals surface area contributed by atoms with Crippen LogP contribution in [-0.4, -0.2) is 19.1 Å². The molecule has 4 heteroatoms. The summed E-state index contributed by atoms with van der Waals surface area (Å²) < 4.78 is 4.42. The predicted octanol–water partition coefficient (Wildman–Crippen LogP) is 12.1. The summed E-state index contributed by atoms with van der Waals surface area (Å²) in [6, 6.07) is 60.9. The van der Waals surface area contributed by atoms with E-state index in [1.807, 2.05) is 12.1 Å². The van der Waals surface area contributed by atoms with Crippen molar-refractivity contribution in [2.24, 2.45) is 14.1 Å². The zero-order valence-corrected chi connectivity index (χ0v) is 29.0. The molecule has 0 amide bonds. The Balaban J connectivity index is 1.21. The van der Waals surface area contributed by atoms with Crippen molar-refractivity contribution in [1.82, 2.24) is 19.1 Å². The van der Waals surface area contributed by atoms with Crippen LogP contribution >= 0.6 is 0 Å². The molecular formula is C48H34N4. The monoisotopic (exact) mass is 666 g/mol. The van der Waals surface area contributed by atoms with Crippen LogP contribution in [0, 0.1) is 0 Å². The molecule has 0 saturated carbocycles. The Morgan fingerprint density at radius 3 is 1.21 bits per heavy atom. The van der Waals surface area contributed by atoms with Gasteiger partial charge < -0.3 is 9.13 Å². The Morgan fingerprint density at radius 1 is 0.346 bits per heavy atom. The van der Waals surface area contributed by atoms with Gasteiger partial charge in [0.1, 0.15) is 11.6 Å². The lowest BCUT2D eigenvalue weighted by Gasteiger charge is -2.17. The van der Waals surface area contributed by atoms with Gasteiger partial charge in [-0.1, -0.05) is 140 Å². The van der Waals surface area contributed by atoms with Crippen LogP contribution in [0.4, 0.5) is 0 Å². The fourth-order valence-electron chi connectivity index (χ4n) is 7.99. The van der Waals surface area contributed by atoms with Crippen LogP contribution in [0.25, 0.3) is 99.8 Å². The fraction of sp³-hybridized carbons (Fsp3) is 0.0417. The molecule has 0 radical (unpaired) electrons. The van der Waals surface area contributed by atoms with Crippen molar-refractivity contribution in [1.29, 1.82) is 0 Å². The molecule has 0 bridgehead atoms. The summed E-state index contributed by atoms with van der Waals surface area (Å²) in [5.41, 5.74) is 13.6. The third-order valence-corrected chi connectivity index (χ3v) is 10.5. The Morgan fingerprint density at radius 2 is 0.769 bits per heavy atom. The van der Waals surface area contributed by atoms with Gasteiger partial charge in [0.05, 0.1) is 22.1 Å². The van der Waals surface area contributed by atoms with Crippen molar-refractivity contribution in [3.8, 4) is 56.2 Å². The van der Waals surface area contributed by atoms with Gasteiger partial charge in [-0.15, -0.1) is 0 Å². The number of benzene rings is 8. The SMILES string of the molecule is Cn1c(-c2ccccc2)nc2ccc(-c3cccc4c(-c5ccccc5)c5cccc(-c6ccc7nc(-c8ccccc8)n(C)c7c6)c5cc34)cc21. The van der Waals surface area contributed by atoms with Crippen molar-refractivity contribution in [2.45, 2.75) is 0 Å². The topological polar surface area (TPSA) is 35.6 Å². The van der Waals surface area contributed by atoms with Gasteiger partial charge in [-0.25, -0.2) is 9.97 Å². The van der Waals surface area contributed by atoms with Crippen LogP contribution in [-0.2, 0) is 14.1 Å². The molecule has 0 N–H and O–H groups in total. The van der Waals surface area contributed by atoms with Gasteiger partial charge in [0, 0.05) is 25.2 Å². The van der Waals surface area contributed by atoms with E-state index >= 15 is 0 Å². The molecule has 2 aromatic heterocycles. The summed E-state index contributed by atoms with van der Waals surface area (Å²) >= 11 is 0. The van der Waals surface area contributed by atoms with Crippen LogP contribution in [0.15, 0.2) is 170 Å². The average molecular weight is 667 g/mol. The summed E-state index contributed by atoms with van der Waals surface area (Å²) in [7, 11) is 4.22. The molecule has 4 nitrogen and oxygen atoms in total. The maximum atomic E-state index is 5.02. The summed E-state index contributed by atoms with van der Waals surface area (Å²) in [6.45, 7) is 0. The zero-order chi connectivity index (χ0) is 34.8. The van der Waals surface area contributed by atoms with E-state index in [4.69, 9.17) is 9.97 Å². The predicted molar refractivity (Wildman–Crippen MR) is 217 cm³/mol. The number of aryl methyl sites for hydroxylation is 2. The van der Waals surface area contributed by atoms with Crippen molar-refractivity contribution in [2.75, 3.05) is 0 Å². The fourth-order valence-corrected chi connectivity index (χ4v) is 7.99. The standard InChI is InChI=1S/C48H34N4/c1-51-44-28-34(24-26-42(44)49-47(51)32-16-8-4-9-17-32)36-20-12-22-38-40(36)30-41-37(21-13-23-39(41)46(38)31-14-6-3-7-15-31)35-25-27-43-45(29-35)52(2)48(50-43)33-18-10-5-11-19-33/h3-30H,1-2H3. The second-order valence-corrected chi connectivity index (χ2v) is 13.5. The molecule has 0 aliphatic carbocycles. The van der Waals surface area contributed by atoms with Crippen molar-refractivity contribution in [3.63, 3.8) is 0 Å². The van der Waals surface area contributed by atoms with Gasteiger partial charge in [0.2, 0.25) is 0 Å². The normalized spacial score (nSPS) is 11.7. The number of imidazole rings is 2. The van der Waals surface area contributed by atoms with Crippen molar-refractivity contribution < 1.29 is 0 Å². The molecule has 0 atom stereocenters. The minimum atomic E-state index is 0.967. The lowest BCUT2D eigenvalue weighted by molar-refractivity contribution is 0.959. The van der Waals surface area contributed by atoms with Crippen LogP contribution in [0.2, 0.25) is 0 Å². The highest BCUT2D eigenvalue weighted by Gasteiger charge is 2.18. The maximum absolute atomic E-state index is 5.02. The minimum Gasteiger partial charge on any atom is -0.327 e. The lowest BCUT2D eigenvalue weighted by atomic mass is 9.86. The van der Waals surface area contributed by atoms with E-state index in [0.29, 0.717) is 0 Å². The molecule has 246 valence electrons. The summed E-state index contributed by atoms with van der Waals surface area (Å²) in [6.07, 6.45) is 0. The first-order valence-corrected chi connectivity index (χ1v) is 17.7. The third kappa shape index (κ3) is 4.76. The Hall–Kier alpha value is -6.78. The van der Waals surface area contributed by atoms with Crippen LogP contribution < -0.4 is 0 Å². The second kappa shape index (κ2) is 11.9. The highest BCUT2D eigenvalue weighted by molar-refractivity contribution is 6.19. The molecule has 0 aliphatic rings. The molecule has 0 unspecified atom stereocenters. The van der Waals surface area contributed by atoms with Gasteiger partial charge in [-0.2, -0.15) is 0 Å². The van der Waals surface area contributed by atoms with E-state index in [9.17, 15) is 0 Å². The molecule has 10 aromatic rings. The number of aromatic nitrogens is 4. The molecule has 52 heavy (non-hydrogen) atoms. The van der Waals surface area contributed by atoms with E-state index in [1.165, 1.54) is 54.9 Å². The molecule has 0 saturated heterocycles. The van der Waals surface area contributed by atoms with Gasteiger partial charge in [-0.05, 0) is 85.3 Å². The summed E-state index contributed by atoms with van der Waals surface area (Å²) in [5.74, 6) is 1.93. The number of hydrogen-bond donors (Lipinski definition) is 0. The average Bonchev–Trinajstić information content (AvgIpc) is 3.72. The smallest absolute Gasteiger partial charge is 0.140 e. The van der Waals surface area contributed by atoms with E-state index in [2.05, 4.69) is 181 Å². The molecule has 8 aromatic carbocycles. The highest BCUT2D eigenvalue weighted by Crippen LogP contribution is 2.44. The van der Waals surface area contributed by atoms with E-state index in [1.54, 1.807) is 0 Å². The number of fused-ring (bicyclic) bond motifs is 4. The van der Waals surface area contributed by atoms with E-state index in [0.717, 1.165) is 44.8 Å². The largest absolute Gasteiger partial charge is 0.327 e. The minimum absolute atomic E-state index is 0.967. The van der Waals surface area contributed by atoms with Gasteiger partial charge >= 0.3 is 0 Å². The lowest BCUT2D eigenvalue weighted by Crippen LogP contribution is -1.93. The molecule has 0 fully saturated rings. The van der Waals surface area contributed by atoms with Crippen molar-refractivity contribution >= 4 is 43.6 Å². The van der Waals surface area contributed by atoms with E-state index < -0.39 is 0 Å². The molecule has 10 rings (SSSR count). The van der Waals surface area contributed by atoms with Gasteiger partial charge in [0.15, 0.2) is 0 Å². The van der Waals surface area contributed by atoms with Crippen LogP contribution in [0.3, 0.4) is 0 Å². The Bertz CT molecular complexity index is 2770. The van der Waals surface area contributed by atoms with Crippen LogP contribution in [0.5, 0.6) is 0 Å². The molecular weight excluding hydrogens is 633 g/mol. The van der Waals surface area contributed by atoms with Gasteiger partial charge in [0.25, 0.3) is 0 Å². The first-order chi connectivity index (χ1) is 25.6. The van der Waals surface area contributed by atoms with Crippen LogP contribution in [0.1, 0.15) is 0 Å². The van der Waals surface area contributed by atoms with Gasteiger partial charge in [-0.3, -0.25) is 0 Å². The summed E-state index contributed by atoms with van der Waals surface area (Å²) in [5, 5.41) is 4.91. The first-order valence-electron chi connectivity index (χ1n) is 17.7. The number of nitrogens with zero attached hydrogens (tertiary/aromatic N) is 4. The Kier molecular flexibility index (Phi) is 6.90. The Labute approximate surface area is 301 Å². The maximum Gasteiger partial charge on any atom is 0.140 e. The number of hydrogen-bond acceptors (Lipinski definition) is 2. The molecule has 0 spiro atoms. The zero-order valence-electron chi connectivity index (χ0n) is 29.0. The molecule has 0 aliphatic heterocycles. The van der Waals surface area contributed by atoms with E-state index in [-0.39, 0.29) is 0 Å².